The zero-order valence-corrected chi connectivity index (χ0v) is 10.2. The lowest BCUT2D eigenvalue weighted by Gasteiger charge is -2.06. The van der Waals surface area contributed by atoms with E-state index in [2.05, 4.69) is 5.32 Å². The molecule has 0 bridgehead atoms. The van der Waals surface area contributed by atoms with E-state index >= 15 is 0 Å². The van der Waals surface area contributed by atoms with E-state index < -0.39 is 10.3 Å². The third-order valence-corrected chi connectivity index (χ3v) is 2.78. The van der Waals surface area contributed by atoms with E-state index in [1.165, 1.54) is 24.3 Å². The molecule has 5 nitrogen and oxygen atoms in total. The van der Waals surface area contributed by atoms with Crippen LogP contribution < -0.4 is 5.32 Å². The number of rotatable bonds is 5. The van der Waals surface area contributed by atoms with Gasteiger partial charge in [-0.2, -0.15) is 0 Å². The van der Waals surface area contributed by atoms with Crippen LogP contribution in [0.15, 0.2) is 24.3 Å². The van der Waals surface area contributed by atoms with Crippen molar-refractivity contribution in [2.75, 3.05) is 11.2 Å². The monoisotopic (exact) mass is 276 g/mol. The van der Waals surface area contributed by atoms with Gasteiger partial charge in [-0.1, -0.05) is 0 Å². The fourth-order valence-electron chi connectivity index (χ4n) is 1.13. The number of hydrogen-bond donors (Lipinski definition) is 1. The SMILES string of the molecule is O=C(CC(Cl)CCl)Nc1ccc([N+](=O)[O-])cc1. The molecule has 1 aromatic rings. The maximum Gasteiger partial charge on any atom is 0.269 e. The summed E-state index contributed by atoms with van der Waals surface area (Å²) in [6.45, 7) is 0. The van der Waals surface area contributed by atoms with E-state index in [0.717, 1.165) is 0 Å². The highest BCUT2D eigenvalue weighted by atomic mass is 35.5. The Labute approximate surface area is 108 Å². The Kier molecular flexibility index (Phi) is 5.18. The number of nitro groups is 1. The summed E-state index contributed by atoms with van der Waals surface area (Å²) in [5.74, 6) is -0.0885. The van der Waals surface area contributed by atoms with Crippen LogP contribution in [0.5, 0.6) is 0 Å². The maximum absolute atomic E-state index is 11.4. The van der Waals surface area contributed by atoms with Crippen LogP contribution in [-0.2, 0) is 4.79 Å². The molecule has 92 valence electrons. The average molecular weight is 277 g/mol. The summed E-state index contributed by atoms with van der Waals surface area (Å²) in [7, 11) is 0. The molecular formula is C10H10Cl2N2O3. The Hall–Kier alpha value is -1.33. The number of amides is 1. The molecule has 0 saturated heterocycles. The molecule has 0 aliphatic rings. The van der Waals surface area contributed by atoms with E-state index in [9.17, 15) is 14.9 Å². The number of anilines is 1. The largest absolute Gasteiger partial charge is 0.326 e. The lowest BCUT2D eigenvalue weighted by atomic mass is 10.2. The lowest BCUT2D eigenvalue weighted by Crippen LogP contribution is -2.17. The minimum atomic E-state index is -0.506. The first-order chi connectivity index (χ1) is 8.02. The molecule has 0 aliphatic heterocycles. The highest BCUT2D eigenvalue weighted by Gasteiger charge is 2.10. The molecule has 0 aromatic heterocycles. The molecule has 17 heavy (non-hydrogen) atoms. The lowest BCUT2D eigenvalue weighted by molar-refractivity contribution is -0.384. The molecule has 1 amide bonds. The summed E-state index contributed by atoms with van der Waals surface area (Å²) >= 11 is 11.2. The number of halogens is 2. The second-order valence-corrected chi connectivity index (χ2v) is 4.23. The van der Waals surface area contributed by atoms with E-state index in [4.69, 9.17) is 23.2 Å². The van der Waals surface area contributed by atoms with E-state index in [-0.39, 0.29) is 23.9 Å². The van der Waals surface area contributed by atoms with E-state index in [0.29, 0.717) is 5.69 Å². The van der Waals surface area contributed by atoms with E-state index in [1.807, 2.05) is 0 Å². The topological polar surface area (TPSA) is 72.2 Å². The van der Waals surface area contributed by atoms with Crippen molar-refractivity contribution < 1.29 is 9.72 Å². The van der Waals surface area contributed by atoms with Crippen molar-refractivity contribution in [3.63, 3.8) is 0 Å². The van der Waals surface area contributed by atoms with Gasteiger partial charge >= 0.3 is 0 Å². The second kappa shape index (κ2) is 6.42. The molecule has 1 aromatic carbocycles. The highest BCUT2D eigenvalue weighted by molar-refractivity contribution is 6.29. The molecular weight excluding hydrogens is 267 g/mol. The van der Waals surface area contributed by atoms with Gasteiger partial charge in [-0.3, -0.25) is 14.9 Å². The van der Waals surface area contributed by atoms with Gasteiger partial charge in [-0.15, -0.1) is 23.2 Å². The van der Waals surface area contributed by atoms with Gasteiger partial charge in [0.2, 0.25) is 5.91 Å². The predicted molar refractivity (Wildman–Crippen MR) is 66.7 cm³/mol. The smallest absolute Gasteiger partial charge is 0.269 e. The van der Waals surface area contributed by atoms with Crippen molar-refractivity contribution in [3.05, 3.63) is 34.4 Å². The van der Waals surface area contributed by atoms with Gasteiger partial charge in [-0.25, -0.2) is 0 Å². The number of carbonyl (C=O) groups is 1. The summed E-state index contributed by atoms with van der Waals surface area (Å²) in [6, 6.07) is 5.55. The van der Waals surface area contributed by atoms with Crippen LogP contribution in [-0.4, -0.2) is 22.1 Å². The Morgan fingerprint density at radius 1 is 1.41 bits per heavy atom. The fraction of sp³-hybridized carbons (Fsp3) is 0.300. The third kappa shape index (κ3) is 4.58. The van der Waals surface area contributed by atoms with Crippen molar-refractivity contribution in [2.24, 2.45) is 0 Å². The molecule has 0 heterocycles. The van der Waals surface area contributed by atoms with Gasteiger partial charge in [0, 0.05) is 30.1 Å². The van der Waals surface area contributed by atoms with Crippen molar-refractivity contribution in [1.29, 1.82) is 0 Å². The van der Waals surface area contributed by atoms with Crippen LogP contribution in [0, 0.1) is 10.1 Å². The van der Waals surface area contributed by atoms with Crippen LogP contribution in [0.2, 0.25) is 0 Å². The first kappa shape index (κ1) is 13.7. The maximum atomic E-state index is 11.4. The Morgan fingerprint density at radius 3 is 2.47 bits per heavy atom. The number of nitrogens with one attached hydrogen (secondary N) is 1. The van der Waals surface area contributed by atoms with Gasteiger partial charge in [0.1, 0.15) is 0 Å². The molecule has 0 aliphatic carbocycles. The van der Waals surface area contributed by atoms with Gasteiger partial charge in [0.25, 0.3) is 5.69 Å². The summed E-state index contributed by atoms with van der Waals surface area (Å²) in [5.41, 5.74) is 0.456. The zero-order chi connectivity index (χ0) is 12.8. The fourth-order valence-corrected chi connectivity index (χ4v) is 1.38. The van der Waals surface area contributed by atoms with Crippen molar-refractivity contribution >= 4 is 40.5 Å². The Bertz CT molecular complexity index is 409. The Balaban J connectivity index is 2.57. The number of hydrogen-bond acceptors (Lipinski definition) is 3. The summed E-state index contributed by atoms with van der Waals surface area (Å²) in [4.78, 5) is 21.3. The second-order valence-electron chi connectivity index (χ2n) is 3.31. The number of carbonyl (C=O) groups excluding carboxylic acids is 1. The standard InChI is InChI=1S/C10H10Cl2N2O3/c11-6-7(12)5-10(15)13-8-1-3-9(4-2-8)14(16)17/h1-4,7H,5-6H2,(H,13,15). The van der Waals surface area contributed by atoms with Gasteiger partial charge in [-0.05, 0) is 12.1 Å². The number of nitrogens with zero attached hydrogens (tertiary/aromatic N) is 1. The molecule has 1 atom stereocenters. The van der Waals surface area contributed by atoms with Gasteiger partial charge < -0.3 is 5.32 Å². The average Bonchev–Trinajstić information content (AvgIpc) is 2.29. The van der Waals surface area contributed by atoms with Crippen molar-refractivity contribution in [3.8, 4) is 0 Å². The predicted octanol–water partition coefficient (Wildman–Crippen LogP) is 2.77. The minimum absolute atomic E-state index is 0.0287. The number of nitro benzene ring substituents is 1. The van der Waals surface area contributed by atoms with Gasteiger partial charge in [0.15, 0.2) is 0 Å². The summed E-state index contributed by atoms with van der Waals surface area (Å²) < 4.78 is 0. The van der Waals surface area contributed by atoms with Crippen LogP contribution in [0.3, 0.4) is 0 Å². The number of non-ortho nitro benzene ring substituents is 1. The molecule has 7 heteroatoms. The molecule has 0 fully saturated rings. The molecule has 0 spiro atoms. The molecule has 1 N–H and O–H groups in total. The minimum Gasteiger partial charge on any atom is -0.326 e. The summed E-state index contributed by atoms with van der Waals surface area (Å²) in [5, 5.41) is 12.6. The quantitative estimate of drug-likeness (QED) is 0.511. The van der Waals surface area contributed by atoms with Gasteiger partial charge in [0.05, 0.1) is 10.3 Å². The number of alkyl halides is 2. The zero-order valence-electron chi connectivity index (χ0n) is 8.73. The highest BCUT2D eigenvalue weighted by Crippen LogP contribution is 2.16. The van der Waals surface area contributed by atoms with Crippen LogP contribution in [0.4, 0.5) is 11.4 Å². The molecule has 1 rings (SSSR count). The molecule has 1 unspecified atom stereocenters. The number of benzene rings is 1. The third-order valence-electron chi connectivity index (χ3n) is 1.94. The first-order valence-corrected chi connectivity index (χ1v) is 5.74. The molecule has 0 saturated carbocycles. The van der Waals surface area contributed by atoms with E-state index in [1.54, 1.807) is 0 Å². The van der Waals surface area contributed by atoms with Crippen molar-refractivity contribution in [1.82, 2.24) is 0 Å². The normalized spacial score (nSPS) is 11.9. The van der Waals surface area contributed by atoms with Crippen molar-refractivity contribution in [2.45, 2.75) is 11.8 Å². The summed E-state index contributed by atoms with van der Waals surface area (Å²) in [6.07, 6.45) is 0.0992. The molecule has 0 radical (unpaired) electrons. The van der Waals surface area contributed by atoms with Crippen LogP contribution >= 0.6 is 23.2 Å². The first-order valence-electron chi connectivity index (χ1n) is 4.77. The Morgan fingerprint density at radius 2 is 2.00 bits per heavy atom. The van der Waals surface area contributed by atoms with Crippen LogP contribution in [0.1, 0.15) is 6.42 Å². The van der Waals surface area contributed by atoms with Crippen LogP contribution in [0.25, 0.3) is 0 Å².